The molecule has 1 aliphatic carbocycles. The maximum absolute atomic E-state index is 13.6. The van der Waals surface area contributed by atoms with Crippen LogP contribution in [0.3, 0.4) is 0 Å². The number of nitrogens with one attached hydrogen (secondary N) is 2. The maximum atomic E-state index is 13.6. The molecule has 2 N–H and O–H groups in total. The summed E-state index contributed by atoms with van der Waals surface area (Å²) < 4.78 is 27.2. The van der Waals surface area contributed by atoms with Crippen molar-refractivity contribution in [3.8, 4) is 0 Å². The summed E-state index contributed by atoms with van der Waals surface area (Å²) in [6.45, 7) is 0.870. The monoisotopic (exact) mass is 400 g/mol. The lowest BCUT2D eigenvalue weighted by atomic mass is 9.96. The second-order valence-electron chi connectivity index (χ2n) is 7.65. The number of likely N-dealkylation sites (N-methyl/N-ethyl adjacent to an activating group) is 1. The summed E-state index contributed by atoms with van der Waals surface area (Å²) >= 11 is 0. The molecule has 0 spiro atoms. The van der Waals surface area contributed by atoms with Crippen molar-refractivity contribution in [1.29, 1.82) is 0 Å². The van der Waals surface area contributed by atoms with E-state index in [0.29, 0.717) is 18.8 Å². The quantitative estimate of drug-likeness (QED) is 0.392. The van der Waals surface area contributed by atoms with Gasteiger partial charge >= 0.3 is 0 Å². The van der Waals surface area contributed by atoms with E-state index in [1.165, 1.54) is 12.1 Å². The number of carbonyl (C=O) groups is 2. The van der Waals surface area contributed by atoms with Gasteiger partial charge in [0.15, 0.2) is 0 Å². The molecule has 29 heavy (non-hydrogen) atoms. The number of alkyl halides is 2. The Kier molecular flexibility index (Phi) is 6.30. The first-order valence-corrected chi connectivity index (χ1v) is 9.87. The average molecular weight is 400 g/mol. The number of amides is 1. The van der Waals surface area contributed by atoms with Crippen LogP contribution < -0.4 is 10.6 Å². The first-order valence-electron chi connectivity index (χ1n) is 9.87. The molecule has 0 radical (unpaired) electrons. The third-order valence-corrected chi connectivity index (χ3v) is 5.29. The Hall–Kier alpha value is -2.76. The fraction of sp³-hybridized carbons (Fsp3) is 0.391. The molecule has 1 saturated carbocycles. The SMILES string of the molecule is CNC(=C\C=C(/C=O)C1CC1)/C(=C\C1CCC(=O)N1)c1ccc(C(C)(F)F)cc1. The van der Waals surface area contributed by atoms with Crippen molar-refractivity contribution in [3.05, 3.63) is 64.9 Å². The van der Waals surface area contributed by atoms with Crippen LogP contribution in [0.5, 0.6) is 0 Å². The summed E-state index contributed by atoms with van der Waals surface area (Å²) in [6.07, 6.45) is 9.68. The van der Waals surface area contributed by atoms with E-state index >= 15 is 0 Å². The molecule has 1 saturated heterocycles. The highest BCUT2D eigenvalue weighted by Crippen LogP contribution is 2.36. The molecule has 4 nitrogen and oxygen atoms in total. The Morgan fingerprint density at radius 2 is 1.86 bits per heavy atom. The van der Waals surface area contributed by atoms with E-state index in [1.54, 1.807) is 19.2 Å². The normalized spacial score (nSPS) is 21.2. The molecule has 0 bridgehead atoms. The maximum Gasteiger partial charge on any atom is 0.270 e. The minimum absolute atomic E-state index is 0.00145. The Morgan fingerprint density at radius 1 is 1.17 bits per heavy atom. The summed E-state index contributed by atoms with van der Waals surface area (Å²) in [5.41, 5.74) is 3.01. The molecular weight excluding hydrogens is 374 g/mol. The van der Waals surface area contributed by atoms with Gasteiger partial charge in [0.1, 0.15) is 6.29 Å². The first kappa shape index (κ1) is 21.0. The van der Waals surface area contributed by atoms with Crippen LogP contribution in [0.15, 0.2) is 53.8 Å². The van der Waals surface area contributed by atoms with Crippen molar-refractivity contribution in [1.82, 2.24) is 10.6 Å². The molecule has 2 aliphatic rings. The number of benzene rings is 1. The second-order valence-corrected chi connectivity index (χ2v) is 7.65. The van der Waals surface area contributed by atoms with Crippen LogP contribution in [0, 0.1) is 5.92 Å². The van der Waals surface area contributed by atoms with Crippen LogP contribution in [0.2, 0.25) is 0 Å². The molecule has 1 aliphatic heterocycles. The number of allylic oxidation sites excluding steroid dienone is 4. The summed E-state index contributed by atoms with van der Waals surface area (Å²) in [5, 5.41) is 6.05. The van der Waals surface area contributed by atoms with Gasteiger partial charge in [0.05, 0.1) is 0 Å². The zero-order chi connectivity index (χ0) is 21.0. The minimum Gasteiger partial charge on any atom is -0.388 e. The predicted octanol–water partition coefficient (Wildman–Crippen LogP) is 4.10. The van der Waals surface area contributed by atoms with Gasteiger partial charge in [0.25, 0.3) is 5.92 Å². The van der Waals surface area contributed by atoms with Crippen molar-refractivity contribution in [2.75, 3.05) is 7.05 Å². The third-order valence-electron chi connectivity index (χ3n) is 5.29. The number of hydrogen-bond acceptors (Lipinski definition) is 3. The van der Waals surface area contributed by atoms with Crippen LogP contribution >= 0.6 is 0 Å². The van der Waals surface area contributed by atoms with Crippen molar-refractivity contribution in [2.45, 2.75) is 44.6 Å². The fourth-order valence-electron chi connectivity index (χ4n) is 3.42. The smallest absolute Gasteiger partial charge is 0.270 e. The molecule has 6 heteroatoms. The number of halogens is 2. The Bertz CT molecular complexity index is 860. The van der Waals surface area contributed by atoms with Crippen molar-refractivity contribution >= 4 is 17.8 Å². The van der Waals surface area contributed by atoms with E-state index in [4.69, 9.17) is 0 Å². The molecule has 0 aromatic heterocycles. The molecule has 2 fully saturated rings. The average Bonchev–Trinajstić information content (AvgIpc) is 3.45. The van der Waals surface area contributed by atoms with Crippen molar-refractivity contribution in [2.24, 2.45) is 5.92 Å². The van der Waals surface area contributed by atoms with Gasteiger partial charge in [-0.15, -0.1) is 0 Å². The van der Waals surface area contributed by atoms with E-state index in [9.17, 15) is 18.4 Å². The largest absolute Gasteiger partial charge is 0.388 e. The van der Waals surface area contributed by atoms with Gasteiger partial charge in [0.2, 0.25) is 5.91 Å². The van der Waals surface area contributed by atoms with Gasteiger partial charge in [0, 0.05) is 43.3 Å². The van der Waals surface area contributed by atoms with Crippen LogP contribution in [-0.4, -0.2) is 25.3 Å². The molecule has 154 valence electrons. The van der Waals surface area contributed by atoms with Gasteiger partial charge in [-0.2, -0.15) is 0 Å². The fourth-order valence-corrected chi connectivity index (χ4v) is 3.42. The van der Waals surface area contributed by atoms with E-state index in [0.717, 1.165) is 48.5 Å². The van der Waals surface area contributed by atoms with Crippen LogP contribution in [0.1, 0.15) is 43.7 Å². The molecule has 1 heterocycles. The zero-order valence-corrected chi connectivity index (χ0v) is 16.7. The molecule has 1 atom stereocenters. The first-order chi connectivity index (χ1) is 13.8. The van der Waals surface area contributed by atoms with Crippen LogP contribution in [0.4, 0.5) is 8.78 Å². The summed E-state index contributed by atoms with van der Waals surface area (Å²) in [4.78, 5) is 22.9. The van der Waals surface area contributed by atoms with Crippen molar-refractivity contribution in [3.63, 3.8) is 0 Å². The third kappa shape index (κ3) is 5.40. The standard InChI is InChI=1S/C23H26F2N2O2/c1-23(24,25)18-8-5-16(6-9-18)20(13-19-10-12-22(29)27-19)21(26-2)11-7-17(14-28)15-3-4-15/h5-9,11,13-15,19,26H,3-4,10,12H2,1-2H3,(H,27,29)/b17-7+,20-13-,21-11-. The lowest BCUT2D eigenvalue weighted by molar-refractivity contribution is -0.119. The van der Waals surface area contributed by atoms with Crippen LogP contribution in [0.25, 0.3) is 5.57 Å². The molecule has 1 amide bonds. The van der Waals surface area contributed by atoms with Gasteiger partial charge in [-0.25, -0.2) is 8.78 Å². The number of carbonyl (C=O) groups excluding carboxylic acids is 2. The van der Waals surface area contributed by atoms with Crippen LogP contribution in [-0.2, 0) is 15.5 Å². The Balaban J connectivity index is 1.98. The van der Waals surface area contributed by atoms with E-state index in [-0.39, 0.29) is 17.5 Å². The highest BCUT2D eigenvalue weighted by Gasteiger charge is 2.26. The Morgan fingerprint density at radius 3 is 2.34 bits per heavy atom. The lowest BCUT2D eigenvalue weighted by Gasteiger charge is -2.17. The summed E-state index contributed by atoms with van der Waals surface area (Å²) in [7, 11) is 1.77. The lowest BCUT2D eigenvalue weighted by Crippen LogP contribution is -2.24. The highest BCUT2D eigenvalue weighted by atomic mass is 19.3. The second kappa shape index (κ2) is 8.72. The molecule has 3 rings (SSSR count). The molecule has 1 aromatic carbocycles. The number of hydrogen-bond donors (Lipinski definition) is 2. The van der Waals surface area contributed by atoms with Crippen molar-refractivity contribution < 1.29 is 18.4 Å². The summed E-state index contributed by atoms with van der Waals surface area (Å²) in [6, 6.07) is 6.03. The highest BCUT2D eigenvalue weighted by molar-refractivity contribution is 5.83. The minimum atomic E-state index is -2.91. The van der Waals surface area contributed by atoms with Gasteiger partial charge < -0.3 is 10.6 Å². The van der Waals surface area contributed by atoms with E-state index in [1.807, 2.05) is 18.2 Å². The topological polar surface area (TPSA) is 58.2 Å². The van der Waals surface area contributed by atoms with E-state index < -0.39 is 5.92 Å². The van der Waals surface area contributed by atoms with Gasteiger partial charge in [-0.05, 0) is 42.4 Å². The zero-order valence-electron chi connectivity index (χ0n) is 16.7. The van der Waals surface area contributed by atoms with Gasteiger partial charge in [-0.3, -0.25) is 9.59 Å². The number of rotatable bonds is 8. The Labute approximate surface area is 169 Å². The molecule has 1 aromatic rings. The van der Waals surface area contributed by atoms with Gasteiger partial charge in [-0.1, -0.05) is 36.4 Å². The number of aldehydes is 1. The predicted molar refractivity (Wildman–Crippen MR) is 109 cm³/mol. The molecular formula is C23H26F2N2O2. The molecule has 1 unspecified atom stereocenters. The van der Waals surface area contributed by atoms with E-state index in [2.05, 4.69) is 10.6 Å². The summed E-state index contributed by atoms with van der Waals surface area (Å²) in [5.74, 6) is -2.58.